The summed E-state index contributed by atoms with van der Waals surface area (Å²) in [6, 6.07) is 2.34. The number of nitrogens with one attached hydrogen (secondary N) is 2. The lowest BCUT2D eigenvalue weighted by atomic mass is 10.1. The van der Waals surface area contributed by atoms with Crippen molar-refractivity contribution < 1.29 is 4.79 Å². The largest absolute Gasteiger partial charge is 0.352 e. The molecule has 1 atom stereocenters. The SMILES string of the molecule is CCC(CC)NC(=O)C(C)NCc1cc(C)c(C)s1. The Morgan fingerprint density at radius 3 is 2.42 bits per heavy atom. The molecule has 0 saturated heterocycles. The van der Waals surface area contributed by atoms with Gasteiger partial charge in [0.05, 0.1) is 6.04 Å². The second kappa shape index (κ2) is 7.65. The summed E-state index contributed by atoms with van der Waals surface area (Å²) in [5, 5.41) is 6.36. The van der Waals surface area contributed by atoms with E-state index in [0.717, 1.165) is 19.4 Å². The molecule has 0 bridgehead atoms. The van der Waals surface area contributed by atoms with E-state index >= 15 is 0 Å². The van der Waals surface area contributed by atoms with Gasteiger partial charge in [0, 0.05) is 22.3 Å². The van der Waals surface area contributed by atoms with Gasteiger partial charge >= 0.3 is 0 Å². The molecule has 0 radical (unpaired) electrons. The van der Waals surface area contributed by atoms with Gasteiger partial charge in [-0.3, -0.25) is 4.79 Å². The van der Waals surface area contributed by atoms with E-state index in [1.54, 1.807) is 11.3 Å². The molecule has 1 unspecified atom stereocenters. The molecule has 4 heteroatoms. The molecule has 3 nitrogen and oxygen atoms in total. The minimum atomic E-state index is -0.150. The van der Waals surface area contributed by atoms with E-state index in [9.17, 15) is 4.79 Å². The van der Waals surface area contributed by atoms with E-state index in [1.165, 1.54) is 15.3 Å². The molecule has 0 aliphatic heterocycles. The van der Waals surface area contributed by atoms with Gasteiger partial charge in [-0.15, -0.1) is 11.3 Å². The molecule has 1 aromatic heterocycles. The van der Waals surface area contributed by atoms with Gasteiger partial charge < -0.3 is 10.6 Å². The number of carbonyl (C=O) groups excluding carboxylic acids is 1. The third kappa shape index (κ3) is 4.96. The van der Waals surface area contributed by atoms with Crippen LogP contribution in [-0.2, 0) is 11.3 Å². The van der Waals surface area contributed by atoms with Crippen LogP contribution < -0.4 is 10.6 Å². The van der Waals surface area contributed by atoms with Crippen molar-refractivity contribution >= 4 is 17.2 Å². The topological polar surface area (TPSA) is 41.1 Å². The Kier molecular flexibility index (Phi) is 6.52. The van der Waals surface area contributed by atoms with Gasteiger partial charge in [0.2, 0.25) is 5.91 Å². The van der Waals surface area contributed by atoms with Gasteiger partial charge in [-0.05, 0) is 45.2 Å². The molecule has 0 spiro atoms. The fraction of sp³-hybridized carbons (Fsp3) is 0.667. The van der Waals surface area contributed by atoms with Gasteiger partial charge in [0.1, 0.15) is 0 Å². The van der Waals surface area contributed by atoms with Crippen LogP contribution >= 0.6 is 11.3 Å². The number of hydrogen-bond donors (Lipinski definition) is 2. The van der Waals surface area contributed by atoms with Crippen molar-refractivity contribution in [1.82, 2.24) is 10.6 Å². The third-order valence-electron chi connectivity index (χ3n) is 3.52. The lowest BCUT2D eigenvalue weighted by Gasteiger charge is -2.19. The number of thiophene rings is 1. The van der Waals surface area contributed by atoms with E-state index < -0.39 is 0 Å². The Labute approximate surface area is 120 Å². The third-order valence-corrected chi connectivity index (χ3v) is 4.68. The molecule has 1 rings (SSSR count). The molecule has 1 aromatic rings. The van der Waals surface area contributed by atoms with E-state index in [2.05, 4.69) is 44.4 Å². The average Bonchev–Trinajstić information content (AvgIpc) is 2.72. The van der Waals surface area contributed by atoms with Crippen molar-refractivity contribution in [2.24, 2.45) is 0 Å². The number of rotatable bonds is 7. The molecule has 0 aromatic carbocycles. The van der Waals surface area contributed by atoms with Crippen LogP contribution in [0, 0.1) is 13.8 Å². The van der Waals surface area contributed by atoms with Crippen LogP contribution in [0.1, 0.15) is 48.9 Å². The highest BCUT2D eigenvalue weighted by atomic mass is 32.1. The van der Waals surface area contributed by atoms with Crippen molar-refractivity contribution in [2.45, 2.75) is 66.1 Å². The summed E-state index contributed by atoms with van der Waals surface area (Å²) in [6.07, 6.45) is 1.97. The fourth-order valence-corrected chi connectivity index (χ4v) is 2.91. The Balaban J connectivity index is 2.42. The van der Waals surface area contributed by atoms with Crippen LogP contribution in [-0.4, -0.2) is 18.0 Å². The van der Waals surface area contributed by atoms with Gasteiger partial charge in [0.15, 0.2) is 0 Å². The van der Waals surface area contributed by atoms with Gasteiger partial charge in [0.25, 0.3) is 0 Å². The van der Waals surface area contributed by atoms with Crippen LogP contribution in [0.15, 0.2) is 6.07 Å². The normalized spacial score (nSPS) is 12.7. The van der Waals surface area contributed by atoms with Crippen LogP contribution in [0.3, 0.4) is 0 Å². The second-order valence-electron chi connectivity index (χ2n) is 5.08. The Morgan fingerprint density at radius 1 is 1.32 bits per heavy atom. The molecule has 19 heavy (non-hydrogen) atoms. The zero-order valence-corrected chi connectivity index (χ0v) is 13.5. The second-order valence-corrected chi connectivity index (χ2v) is 6.42. The van der Waals surface area contributed by atoms with Crippen molar-refractivity contribution in [3.05, 3.63) is 21.4 Å². The lowest BCUT2D eigenvalue weighted by Crippen LogP contribution is -2.45. The molecule has 0 saturated carbocycles. The first-order valence-electron chi connectivity index (χ1n) is 7.07. The van der Waals surface area contributed by atoms with Gasteiger partial charge in [-0.25, -0.2) is 0 Å². The molecule has 2 N–H and O–H groups in total. The van der Waals surface area contributed by atoms with Crippen LogP contribution in [0.2, 0.25) is 0 Å². The van der Waals surface area contributed by atoms with Crippen molar-refractivity contribution in [2.75, 3.05) is 0 Å². The summed E-state index contributed by atoms with van der Waals surface area (Å²) in [6.45, 7) is 11.1. The minimum absolute atomic E-state index is 0.0960. The zero-order chi connectivity index (χ0) is 14.4. The predicted molar refractivity (Wildman–Crippen MR) is 82.6 cm³/mol. The summed E-state index contributed by atoms with van der Waals surface area (Å²) < 4.78 is 0. The first-order valence-corrected chi connectivity index (χ1v) is 7.89. The summed E-state index contributed by atoms with van der Waals surface area (Å²) in [5.41, 5.74) is 1.33. The lowest BCUT2D eigenvalue weighted by molar-refractivity contribution is -0.123. The molecule has 0 fully saturated rings. The molecule has 108 valence electrons. The Hall–Kier alpha value is -0.870. The number of carbonyl (C=O) groups is 1. The van der Waals surface area contributed by atoms with Crippen molar-refractivity contribution in [3.8, 4) is 0 Å². The van der Waals surface area contributed by atoms with Crippen LogP contribution in [0.5, 0.6) is 0 Å². The number of hydrogen-bond acceptors (Lipinski definition) is 3. The monoisotopic (exact) mass is 282 g/mol. The van der Waals surface area contributed by atoms with Crippen molar-refractivity contribution in [3.63, 3.8) is 0 Å². The average molecular weight is 282 g/mol. The van der Waals surface area contributed by atoms with E-state index in [-0.39, 0.29) is 11.9 Å². The maximum Gasteiger partial charge on any atom is 0.237 e. The first kappa shape index (κ1) is 16.2. The minimum Gasteiger partial charge on any atom is -0.352 e. The molecule has 1 amide bonds. The van der Waals surface area contributed by atoms with E-state index in [1.807, 2.05) is 6.92 Å². The predicted octanol–water partition coefficient (Wildman–Crippen LogP) is 3.15. The summed E-state index contributed by atoms with van der Waals surface area (Å²) in [5.74, 6) is 0.0960. The smallest absolute Gasteiger partial charge is 0.237 e. The first-order chi connectivity index (χ1) is 8.97. The van der Waals surface area contributed by atoms with Gasteiger partial charge in [-0.2, -0.15) is 0 Å². The van der Waals surface area contributed by atoms with Crippen molar-refractivity contribution in [1.29, 1.82) is 0 Å². The number of amides is 1. The van der Waals surface area contributed by atoms with E-state index in [0.29, 0.717) is 6.04 Å². The highest BCUT2D eigenvalue weighted by molar-refractivity contribution is 7.12. The molecule has 1 heterocycles. The highest BCUT2D eigenvalue weighted by Gasteiger charge is 2.15. The van der Waals surface area contributed by atoms with E-state index in [4.69, 9.17) is 0 Å². The Bertz CT molecular complexity index is 391. The summed E-state index contributed by atoms with van der Waals surface area (Å²) in [4.78, 5) is 14.6. The van der Waals surface area contributed by atoms with Crippen LogP contribution in [0.25, 0.3) is 0 Å². The maximum absolute atomic E-state index is 12.0. The summed E-state index contributed by atoms with van der Waals surface area (Å²) in [7, 11) is 0. The number of aryl methyl sites for hydroxylation is 2. The Morgan fingerprint density at radius 2 is 1.95 bits per heavy atom. The highest BCUT2D eigenvalue weighted by Crippen LogP contribution is 2.20. The molecule has 0 aliphatic carbocycles. The summed E-state index contributed by atoms with van der Waals surface area (Å²) >= 11 is 1.80. The fourth-order valence-electron chi connectivity index (χ4n) is 1.90. The van der Waals surface area contributed by atoms with Crippen LogP contribution in [0.4, 0.5) is 0 Å². The molecular formula is C15H26N2OS. The quantitative estimate of drug-likeness (QED) is 0.806. The zero-order valence-electron chi connectivity index (χ0n) is 12.7. The van der Waals surface area contributed by atoms with Gasteiger partial charge in [-0.1, -0.05) is 13.8 Å². The maximum atomic E-state index is 12.0. The molecule has 0 aliphatic rings. The standard InChI is InChI=1S/C15H26N2OS/c1-6-13(7-2)17-15(18)11(4)16-9-14-8-10(3)12(5)19-14/h8,11,13,16H,6-7,9H2,1-5H3,(H,17,18). The molecular weight excluding hydrogens is 256 g/mol.